The molecule has 18 heavy (non-hydrogen) atoms. The standard InChI is InChI=1S/C14H26O3S/c1-12(9-8-10-18(5,6)7)16-11-13(15)17-14(2,3)4/h12H,9,11H2,1-7H3/t12-/m1/s1. The number of carbonyl (C=O) groups excluding carboxylic acids is 1. The van der Waals surface area contributed by atoms with Gasteiger partial charge in [-0.05, 0) is 46.5 Å². The third-order valence-corrected chi connectivity index (χ3v) is 2.43. The fourth-order valence-electron chi connectivity index (χ4n) is 1.04. The van der Waals surface area contributed by atoms with Crippen LogP contribution in [0.1, 0.15) is 34.1 Å². The van der Waals surface area contributed by atoms with Gasteiger partial charge in [-0.2, -0.15) is 10.0 Å². The van der Waals surface area contributed by atoms with E-state index in [2.05, 4.69) is 29.9 Å². The van der Waals surface area contributed by atoms with Crippen LogP contribution in [-0.4, -0.2) is 43.0 Å². The Bertz CT molecular complexity index is 326. The van der Waals surface area contributed by atoms with E-state index in [-0.39, 0.29) is 18.7 Å². The van der Waals surface area contributed by atoms with E-state index in [1.54, 1.807) is 0 Å². The van der Waals surface area contributed by atoms with Crippen LogP contribution in [0, 0.1) is 11.2 Å². The average molecular weight is 274 g/mol. The summed E-state index contributed by atoms with van der Waals surface area (Å²) in [5.74, 6) is 2.78. The molecule has 0 aliphatic heterocycles. The van der Waals surface area contributed by atoms with Crippen LogP contribution in [0.5, 0.6) is 0 Å². The zero-order valence-corrected chi connectivity index (χ0v) is 13.4. The van der Waals surface area contributed by atoms with Gasteiger partial charge in [0.15, 0.2) is 0 Å². The molecular formula is C14H26O3S. The van der Waals surface area contributed by atoms with E-state index < -0.39 is 15.6 Å². The van der Waals surface area contributed by atoms with Crippen LogP contribution in [0.15, 0.2) is 0 Å². The lowest BCUT2D eigenvalue weighted by Gasteiger charge is -2.20. The fourth-order valence-corrected chi connectivity index (χ4v) is 1.56. The van der Waals surface area contributed by atoms with Gasteiger partial charge < -0.3 is 9.47 Å². The highest BCUT2D eigenvalue weighted by Crippen LogP contribution is 2.32. The first kappa shape index (κ1) is 17.3. The molecule has 0 spiro atoms. The van der Waals surface area contributed by atoms with Crippen molar-refractivity contribution in [1.82, 2.24) is 0 Å². The second-order valence-corrected chi connectivity index (χ2v) is 9.91. The average Bonchev–Trinajstić information content (AvgIpc) is 2.09. The maximum absolute atomic E-state index is 11.4. The summed E-state index contributed by atoms with van der Waals surface area (Å²) in [6.45, 7) is 7.42. The van der Waals surface area contributed by atoms with Crippen LogP contribution in [0.4, 0.5) is 0 Å². The molecule has 0 N–H and O–H groups in total. The topological polar surface area (TPSA) is 35.5 Å². The Labute approximate surface area is 113 Å². The third-order valence-electron chi connectivity index (χ3n) is 1.67. The summed E-state index contributed by atoms with van der Waals surface area (Å²) in [7, 11) is -0.783. The van der Waals surface area contributed by atoms with Crippen molar-refractivity contribution >= 4 is 16.0 Å². The number of esters is 1. The van der Waals surface area contributed by atoms with Gasteiger partial charge in [-0.25, -0.2) is 4.79 Å². The molecule has 0 saturated heterocycles. The Morgan fingerprint density at radius 3 is 2.28 bits per heavy atom. The van der Waals surface area contributed by atoms with Crippen LogP contribution < -0.4 is 0 Å². The normalized spacial score (nSPS) is 14.4. The smallest absolute Gasteiger partial charge is 0.332 e. The van der Waals surface area contributed by atoms with Crippen molar-refractivity contribution in [2.24, 2.45) is 0 Å². The fraction of sp³-hybridized carbons (Fsp3) is 0.786. The van der Waals surface area contributed by atoms with Crippen molar-refractivity contribution in [3.8, 4) is 11.2 Å². The van der Waals surface area contributed by atoms with E-state index in [1.807, 2.05) is 27.7 Å². The molecule has 0 fully saturated rings. The zero-order chi connectivity index (χ0) is 14.4. The molecule has 0 rings (SSSR count). The van der Waals surface area contributed by atoms with Gasteiger partial charge in [-0.1, -0.05) is 11.2 Å². The summed E-state index contributed by atoms with van der Waals surface area (Å²) in [4.78, 5) is 11.4. The lowest BCUT2D eigenvalue weighted by molar-refractivity contribution is -0.161. The van der Waals surface area contributed by atoms with E-state index >= 15 is 0 Å². The van der Waals surface area contributed by atoms with E-state index in [9.17, 15) is 4.79 Å². The molecule has 0 unspecified atom stereocenters. The highest BCUT2D eigenvalue weighted by Gasteiger charge is 2.16. The first-order valence-corrected chi connectivity index (χ1v) is 8.87. The summed E-state index contributed by atoms with van der Waals surface area (Å²) in [5.41, 5.74) is -0.459. The van der Waals surface area contributed by atoms with E-state index in [1.165, 1.54) is 0 Å². The molecule has 1 atom stereocenters. The molecule has 0 bridgehead atoms. The number of hydrogen-bond donors (Lipinski definition) is 0. The zero-order valence-electron chi connectivity index (χ0n) is 12.6. The maximum Gasteiger partial charge on any atom is 0.332 e. The van der Waals surface area contributed by atoms with Crippen LogP contribution in [-0.2, 0) is 14.3 Å². The van der Waals surface area contributed by atoms with E-state index in [0.717, 1.165) is 0 Å². The van der Waals surface area contributed by atoms with Crippen LogP contribution >= 0.6 is 10.0 Å². The summed E-state index contributed by atoms with van der Waals surface area (Å²) in [6, 6.07) is 0. The molecule has 0 aromatic rings. The Balaban J connectivity index is 3.93. The maximum atomic E-state index is 11.4. The first-order valence-electron chi connectivity index (χ1n) is 6.01. The Kier molecular flexibility index (Phi) is 6.80. The minimum absolute atomic E-state index is 0.0114. The highest BCUT2D eigenvalue weighted by atomic mass is 32.3. The van der Waals surface area contributed by atoms with Gasteiger partial charge >= 0.3 is 5.97 Å². The summed E-state index contributed by atoms with van der Waals surface area (Å²) < 4.78 is 10.5. The minimum atomic E-state index is -0.783. The Hall–Kier alpha value is -0.660. The molecule has 4 heteroatoms. The van der Waals surface area contributed by atoms with Crippen molar-refractivity contribution in [3.63, 3.8) is 0 Å². The molecule has 0 aromatic carbocycles. The van der Waals surface area contributed by atoms with Crippen LogP contribution in [0.3, 0.4) is 0 Å². The minimum Gasteiger partial charge on any atom is -0.458 e. The molecule has 0 saturated carbocycles. The Morgan fingerprint density at radius 2 is 1.83 bits per heavy atom. The van der Waals surface area contributed by atoms with Gasteiger partial charge in [-0.3, -0.25) is 0 Å². The molecule has 0 heterocycles. The molecule has 3 nitrogen and oxygen atoms in total. The molecule has 0 aliphatic carbocycles. The van der Waals surface area contributed by atoms with E-state index in [0.29, 0.717) is 6.42 Å². The second kappa shape index (κ2) is 7.06. The van der Waals surface area contributed by atoms with Gasteiger partial charge in [-0.15, -0.1) is 0 Å². The van der Waals surface area contributed by atoms with Gasteiger partial charge in [0.25, 0.3) is 0 Å². The molecular weight excluding hydrogens is 248 g/mol. The Morgan fingerprint density at radius 1 is 1.28 bits per heavy atom. The lowest BCUT2D eigenvalue weighted by Crippen LogP contribution is -2.27. The quantitative estimate of drug-likeness (QED) is 0.584. The highest BCUT2D eigenvalue weighted by molar-refractivity contribution is 8.35. The van der Waals surface area contributed by atoms with Crippen LogP contribution in [0.2, 0.25) is 0 Å². The molecule has 0 radical (unpaired) electrons. The van der Waals surface area contributed by atoms with Crippen molar-refractivity contribution in [2.75, 3.05) is 25.4 Å². The van der Waals surface area contributed by atoms with E-state index in [4.69, 9.17) is 9.47 Å². The molecule has 0 aromatic heterocycles. The van der Waals surface area contributed by atoms with Gasteiger partial charge in [0, 0.05) is 6.42 Å². The third kappa shape index (κ3) is 11.8. The number of rotatable bonds is 4. The number of ether oxygens (including phenoxy) is 2. The largest absolute Gasteiger partial charge is 0.458 e. The molecule has 0 aliphatic rings. The monoisotopic (exact) mass is 274 g/mol. The van der Waals surface area contributed by atoms with Crippen LogP contribution in [0.25, 0.3) is 0 Å². The van der Waals surface area contributed by atoms with Gasteiger partial charge in [0.1, 0.15) is 12.2 Å². The SMILES string of the molecule is C[C@H](CC#CS(C)(C)C)OCC(=O)OC(C)(C)C. The van der Waals surface area contributed by atoms with Crippen molar-refractivity contribution in [3.05, 3.63) is 0 Å². The predicted molar refractivity (Wildman–Crippen MR) is 79.0 cm³/mol. The number of carbonyl (C=O) groups is 1. The summed E-state index contributed by atoms with van der Waals surface area (Å²) in [5, 5.41) is 3.22. The summed E-state index contributed by atoms with van der Waals surface area (Å²) in [6.07, 6.45) is 7.03. The van der Waals surface area contributed by atoms with Gasteiger partial charge in [0.05, 0.1) is 6.10 Å². The van der Waals surface area contributed by atoms with Crippen molar-refractivity contribution in [1.29, 1.82) is 0 Å². The first-order chi connectivity index (χ1) is 7.99. The lowest BCUT2D eigenvalue weighted by atomic mass is 10.2. The molecule has 0 amide bonds. The molecule has 106 valence electrons. The van der Waals surface area contributed by atoms with Gasteiger partial charge in [0.2, 0.25) is 0 Å². The second-order valence-electron chi connectivity index (χ2n) is 6.03. The predicted octanol–water partition coefficient (Wildman–Crippen LogP) is 2.78. The number of hydrogen-bond acceptors (Lipinski definition) is 3. The summed E-state index contributed by atoms with van der Waals surface area (Å²) >= 11 is 0. The van der Waals surface area contributed by atoms with Crippen molar-refractivity contribution in [2.45, 2.75) is 45.8 Å². The van der Waals surface area contributed by atoms with Crippen molar-refractivity contribution < 1.29 is 14.3 Å².